The Morgan fingerprint density at radius 1 is 1.90 bits per heavy atom. The van der Waals surface area contributed by atoms with E-state index < -0.39 is 0 Å². The third kappa shape index (κ3) is 3.09. The molecule has 0 aliphatic heterocycles. The molecule has 0 aliphatic rings. The van der Waals surface area contributed by atoms with Crippen molar-refractivity contribution in [2.24, 2.45) is 0 Å². The minimum Gasteiger partial charge on any atom is -0.383 e. The smallest absolute Gasteiger partial charge is 0.265 e. The van der Waals surface area contributed by atoms with Gasteiger partial charge in [-0.25, -0.2) is 5.06 Å². The lowest BCUT2D eigenvalue weighted by atomic mass is 10.6. The third-order valence-corrected chi connectivity index (χ3v) is 1.02. The summed E-state index contributed by atoms with van der Waals surface area (Å²) >= 11 is 0. The number of hydrogen-bond acceptors (Lipinski definition) is 3. The van der Waals surface area contributed by atoms with Crippen molar-refractivity contribution < 1.29 is 9.63 Å². The summed E-state index contributed by atoms with van der Waals surface area (Å²) in [5.74, 6) is -0.137. The highest BCUT2D eigenvalue weighted by Gasteiger charge is 2.04. The SMILES string of the molecule is C=CNCC(=O)N(C)OC. The summed E-state index contributed by atoms with van der Waals surface area (Å²) in [5, 5.41) is 3.81. The molecular formula is C6H12N2O2. The Morgan fingerprint density at radius 2 is 2.50 bits per heavy atom. The maximum atomic E-state index is 10.8. The monoisotopic (exact) mass is 144 g/mol. The van der Waals surface area contributed by atoms with Crippen LogP contribution in [-0.2, 0) is 9.63 Å². The Morgan fingerprint density at radius 3 is 2.90 bits per heavy atom. The second-order valence-electron chi connectivity index (χ2n) is 1.66. The van der Waals surface area contributed by atoms with Gasteiger partial charge in [0.05, 0.1) is 13.7 Å². The number of nitrogens with zero attached hydrogens (tertiary/aromatic N) is 1. The highest BCUT2D eigenvalue weighted by atomic mass is 16.7. The topological polar surface area (TPSA) is 41.6 Å². The molecule has 10 heavy (non-hydrogen) atoms. The average molecular weight is 144 g/mol. The van der Waals surface area contributed by atoms with Crippen molar-refractivity contribution in [3.05, 3.63) is 12.8 Å². The molecule has 0 heterocycles. The quantitative estimate of drug-likeness (QED) is 0.553. The molecule has 1 N–H and O–H groups in total. The lowest BCUT2D eigenvalue weighted by Crippen LogP contribution is -2.32. The Labute approximate surface area is 60.4 Å². The molecule has 0 aromatic carbocycles. The van der Waals surface area contributed by atoms with Crippen molar-refractivity contribution in [1.82, 2.24) is 10.4 Å². The van der Waals surface area contributed by atoms with E-state index in [-0.39, 0.29) is 12.5 Å². The normalized spacial score (nSPS) is 8.60. The third-order valence-electron chi connectivity index (χ3n) is 1.02. The van der Waals surface area contributed by atoms with Crippen molar-refractivity contribution in [2.45, 2.75) is 0 Å². The summed E-state index contributed by atoms with van der Waals surface area (Å²) in [5.41, 5.74) is 0. The molecule has 1 amide bonds. The number of rotatable bonds is 4. The van der Waals surface area contributed by atoms with Crippen molar-refractivity contribution >= 4 is 5.91 Å². The number of nitrogens with one attached hydrogen (secondary N) is 1. The van der Waals surface area contributed by atoms with Gasteiger partial charge in [0.25, 0.3) is 5.91 Å². The zero-order valence-electron chi connectivity index (χ0n) is 6.26. The molecule has 0 aliphatic carbocycles. The number of carbonyl (C=O) groups is 1. The molecule has 0 aromatic heterocycles. The first-order valence-corrected chi connectivity index (χ1v) is 2.87. The van der Waals surface area contributed by atoms with Crippen LogP contribution in [0.15, 0.2) is 12.8 Å². The maximum absolute atomic E-state index is 10.8. The van der Waals surface area contributed by atoms with Crippen molar-refractivity contribution in [1.29, 1.82) is 0 Å². The van der Waals surface area contributed by atoms with E-state index in [4.69, 9.17) is 0 Å². The Balaban J connectivity index is 3.51. The molecule has 0 radical (unpaired) electrons. The van der Waals surface area contributed by atoms with E-state index in [2.05, 4.69) is 16.7 Å². The van der Waals surface area contributed by atoms with Crippen LogP contribution in [0.25, 0.3) is 0 Å². The van der Waals surface area contributed by atoms with Crippen molar-refractivity contribution in [3.63, 3.8) is 0 Å². The largest absolute Gasteiger partial charge is 0.383 e. The van der Waals surface area contributed by atoms with Gasteiger partial charge in [-0.1, -0.05) is 6.58 Å². The predicted octanol–water partition coefficient (Wildman–Crippen LogP) is -0.261. The van der Waals surface area contributed by atoms with Gasteiger partial charge in [0.1, 0.15) is 0 Å². The fraction of sp³-hybridized carbons (Fsp3) is 0.500. The Kier molecular flexibility index (Phi) is 4.32. The van der Waals surface area contributed by atoms with E-state index in [0.29, 0.717) is 0 Å². The average Bonchev–Trinajstić information content (AvgIpc) is 1.98. The first-order chi connectivity index (χ1) is 4.72. The molecule has 0 bridgehead atoms. The number of amides is 1. The second-order valence-corrected chi connectivity index (χ2v) is 1.66. The van der Waals surface area contributed by atoms with Crippen LogP contribution in [-0.4, -0.2) is 31.7 Å². The van der Waals surface area contributed by atoms with E-state index in [9.17, 15) is 4.79 Å². The van der Waals surface area contributed by atoms with E-state index in [1.807, 2.05) is 0 Å². The van der Waals surface area contributed by atoms with Gasteiger partial charge < -0.3 is 5.32 Å². The van der Waals surface area contributed by atoms with Crippen LogP contribution in [0.5, 0.6) is 0 Å². The fourth-order valence-corrected chi connectivity index (χ4v) is 0.373. The van der Waals surface area contributed by atoms with Crippen LogP contribution in [0.4, 0.5) is 0 Å². The Bertz CT molecular complexity index is 125. The van der Waals surface area contributed by atoms with Gasteiger partial charge in [-0.15, -0.1) is 0 Å². The van der Waals surface area contributed by atoms with Crippen LogP contribution in [0.1, 0.15) is 0 Å². The van der Waals surface area contributed by atoms with E-state index in [1.54, 1.807) is 7.05 Å². The van der Waals surface area contributed by atoms with Crippen molar-refractivity contribution in [2.75, 3.05) is 20.7 Å². The van der Waals surface area contributed by atoms with Crippen LogP contribution in [0.2, 0.25) is 0 Å². The fourth-order valence-electron chi connectivity index (χ4n) is 0.373. The lowest BCUT2D eigenvalue weighted by Gasteiger charge is -2.12. The molecule has 0 spiro atoms. The molecule has 0 aromatic rings. The van der Waals surface area contributed by atoms with Crippen LogP contribution in [0.3, 0.4) is 0 Å². The van der Waals surface area contributed by atoms with Gasteiger partial charge in [-0.3, -0.25) is 9.63 Å². The molecular weight excluding hydrogens is 132 g/mol. The highest BCUT2D eigenvalue weighted by Crippen LogP contribution is 1.80. The van der Waals surface area contributed by atoms with Crippen LogP contribution in [0, 0.1) is 0 Å². The molecule has 0 unspecified atom stereocenters. The summed E-state index contributed by atoms with van der Waals surface area (Å²) in [6, 6.07) is 0. The Hall–Kier alpha value is -1.03. The van der Waals surface area contributed by atoms with Gasteiger partial charge in [-0.05, 0) is 6.20 Å². The minimum atomic E-state index is -0.137. The first-order valence-electron chi connectivity index (χ1n) is 2.87. The predicted molar refractivity (Wildman–Crippen MR) is 38.0 cm³/mol. The second kappa shape index (κ2) is 4.81. The summed E-state index contributed by atoms with van der Waals surface area (Å²) in [4.78, 5) is 15.4. The molecule has 0 saturated carbocycles. The van der Waals surface area contributed by atoms with E-state index >= 15 is 0 Å². The number of hydrogen-bond donors (Lipinski definition) is 1. The van der Waals surface area contributed by atoms with Gasteiger partial charge in [0, 0.05) is 7.05 Å². The van der Waals surface area contributed by atoms with Gasteiger partial charge in [0.15, 0.2) is 0 Å². The molecule has 0 saturated heterocycles. The summed E-state index contributed by atoms with van der Waals surface area (Å²) in [6.07, 6.45) is 1.46. The van der Waals surface area contributed by atoms with E-state index in [1.165, 1.54) is 13.3 Å². The maximum Gasteiger partial charge on any atom is 0.265 e. The highest BCUT2D eigenvalue weighted by molar-refractivity contribution is 5.76. The lowest BCUT2D eigenvalue weighted by molar-refractivity contribution is -0.167. The van der Waals surface area contributed by atoms with E-state index in [0.717, 1.165) is 5.06 Å². The first kappa shape index (κ1) is 8.97. The number of hydroxylamine groups is 2. The molecule has 0 fully saturated rings. The molecule has 0 rings (SSSR count). The van der Waals surface area contributed by atoms with Gasteiger partial charge in [0.2, 0.25) is 0 Å². The van der Waals surface area contributed by atoms with Crippen LogP contribution >= 0.6 is 0 Å². The van der Waals surface area contributed by atoms with Crippen molar-refractivity contribution in [3.8, 4) is 0 Å². The zero-order valence-corrected chi connectivity index (χ0v) is 6.26. The summed E-state index contributed by atoms with van der Waals surface area (Å²) in [6.45, 7) is 3.61. The molecule has 4 heteroatoms. The summed E-state index contributed by atoms with van der Waals surface area (Å²) < 4.78 is 0. The standard InChI is InChI=1S/C6H12N2O2/c1-4-7-5-6(9)8(2)10-3/h4,7H,1,5H2,2-3H3. The van der Waals surface area contributed by atoms with Gasteiger partial charge in [-0.2, -0.15) is 0 Å². The summed E-state index contributed by atoms with van der Waals surface area (Å²) in [7, 11) is 2.99. The van der Waals surface area contributed by atoms with Crippen LogP contribution < -0.4 is 5.32 Å². The molecule has 58 valence electrons. The minimum absolute atomic E-state index is 0.137. The number of likely N-dealkylation sites (N-methyl/N-ethyl adjacent to an activating group) is 1. The molecule has 0 atom stereocenters. The van der Waals surface area contributed by atoms with Gasteiger partial charge >= 0.3 is 0 Å². The zero-order chi connectivity index (χ0) is 7.98. The number of carbonyl (C=O) groups excluding carboxylic acids is 1. The molecule has 4 nitrogen and oxygen atoms in total.